The van der Waals surface area contributed by atoms with Crippen molar-refractivity contribution in [3.63, 3.8) is 0 Å². The first-order valence-corrected chi connectivity index (χ1v) is 9.94. The zero-order valence-electron chi connectivity index (χ0n) is 16.4. The van der Waals surface area contributed by atoms with E-state index in [0.717, 1.165) is 10.0 Å². The Bertz CT molecular complexity index is 1310. The van der Waals surface area contributed by atoms with E-state index in [0.29, 0.717) is 33.8 Å². The molecule has 0 atom stereocenters. The largest absolute Gasteiger partial charge is 0.493 e. The molecule has 6 nitrogen and oxygen atoms in total. The summed E-state index contributed by atoms with van der Waals surface area (Å²) in [7, 11) is 3.14. The molecule has 0 fully saturated rings. The van der Waals surface area contributed by atoms with E-state index in [1.165, 1.54) is 4.68 Å². The first-order valence-electron chi connectivity index (χ1n) is 9.15. The van der Waals surface area contributed by atoms with E-state index in [4.69, 9.17) is 14.5 Å². The summed E-state index contributed by atoms with van der Waals surface area (Å²) in [4.78, 5) is 18.0. The normalized spacial score (nSPS) is 11.2. The Balaban J connectivity index is 1.95. The lowest BCUT2D eigenvalue weighted by Gasteiger charge is -2.12. The van der Waals surface area contributed by atoms with Gasteiger partial charge >= 0.3 is 0 Å². The summed E-state index contributed by atoms with van der Waals surface area (Å²) < 4.78 is 12.9. The highest BCUT2D eigenvalue weighted by atomic mass is 79.9. The summed E-state index contributed by atoms with van der Waals surface area (Å²) >= 11 is 3.50. The molecule has 0 saturated heterocycles. The van der Waals surface area contributed by atoms with Gasteiger partial charge in [-0.3, -0.25) is 4.79 Å². The van der Waals surface area contributed by atoms with Crippen LogP contribution >= 0.6 is 15.9 Å². The SMILES string of the molecule is COc1ccc(-c2nc3ccccc3c(=O)n2/N=C\c2ccccc2Br)cc1OC. The fraction of sp³-hybridized carbons (Fsp3) is 0.0870. The molecule has 30 heavy (non-hydrogen) atoms. The topological polar surface area (TPSA) is 65.7 Å². The molecule has 0 N–H and O–H groups in total. The van der Waals surface area contributed by atoms with Gasteiger partial charge < -0.3 is 9.47 Å². The molecule has 0 radical (unpaired) electrons. The summed E-state index contributed by atoms with van der Waals surface area (Å²) in [6, 6.07) is 20.2. The molecule has 7 heteroatoms. The molecule has 1 aromatic heterocycles. The summed E-state index contributed by atoms with van der Waals surface area (Å²) in [5.74, 6) is 1.54. The van der Waals surface area contributed by atoms with Gasteiger partial charge in [-0.25, -0.2) is 4.98 Å². The van der Waals surface area contributed by atoms with Crippen LogP contribution in [0.3, 0.4) is 0 Å². The molecule has 0 aliphatic carbocycles. The van der Waals surface area contributed by atoms with E-state index in [-0.39, 0.29) is 5.56 Å². The van der Waals surface area contributed by atoms with Crippen molar-refractivity contribution in [2.24, 2.45) is 5.10 Å². The maximum atomic E-state index is 13.2. The highest BCUT2D eigenvalue weighted by Crippen LogP contribution is 2.31. The second-order valence-electron chi connectivity index (χ2n) is 6.41. The molecular formula is C23H18BrN3O3. The van der Waals surface area contributed by atoms with Crippen LogP contribution in [-0.2, 0) is 0 Å². The number of benzene rings is 3. The minimum Gasteiger partial charge on any atom is -0.493 e. The van der Waals surface area contributed by atoms with Gasteiger partial charge in [0.25, 0.3) is 5.56 Å². The highest BCUT2D eigenvalue weighted by molar-refractivity contribution is 9.10. The van der Waals surface area contributed by atoms with Crippen LogP contribution in [0.5, 0.6) is 11.5 Å². The first-order chi connectivity index (χ1) is 14.6. The van der Waals surface area contributed by atoms with E-state index in [2.05, 4.69) is 21.0 Å². The monoisotopic (exact) mass is 463 g/mol. The maximum absolute atomic E-state index is 13.2. The number of ether oxygens (including phenoxy) is 2. The summed E-state index contributed by atoms with van der Waals surface area (Å²) in [5, 5.41) is 4.97. The van der Waals surface area contributed by atoms with Crippen LogP contribution in [0.4, 0.5) is 0 Å². The Morgan fingerprint density at radius 1 is 0.967 bits per heavy atom. The number of aromatic nitrogens is 2. The average Bonchev–Trinajstić information content (AvgIpc) is 2.79. The number of nitrogens with zero attached hydrogens (tertiary/aromatic N) is 3. The Labute approximate surface area is 181 Å². The predicted octanol–water partition coefficient (Wildman–Crippen LogP) is 4.73. The standard InChI is InChI=1S/C23H18BrN3O3/c1-29-20-12-11-15(13-21(20)30-2)22-26-19-10-6-4-8-17(19)23(28)27(22)25-14-16-7-3-5-9-18(16)24/h3-14H,1-2H3/b25-14-. The molecule has 0 unspecified atom stereocenters. The Kier molecular flexibility index (Phi) is 5.63. The lowest BCUT2D eigenvalue weighted by atomic mass is 10.1. The minimum absolute atomic E-state index is 0.256. The maximum Gasteiger partial charge on any atom is 0.282 e. The first kappa shape index (κ1) is 19.8. The van der Waals surface area contributed by atoms with E-state index < -0.39 is 0 Å². The fourth-order valence-electron chi connectivity index (χ4n) is 3.09. The zero-order chi connectivity index (χ0) is 21.1. The van der Waals surface area contributed by atoms with Crippen LogP contribution in [0.15, 0.2) is 81.1 Å². The van der Waals surface area contributed by atoms with Crippen LogP contribution in [-0.4, -0.2) is 30.1 Å². The van der Waals surface area contributed by atoms with Gasteiger partial charge in [-0.05, 0) is 36.4 Å². The molecule has 0 saturated carbocycles. The van der Waals surface area contributed by atoms with Gasteiger partial charge in [-0.1, -0.05) is 46.3 Å². The molecule has 3 aromatic carbocycles. The number of halogens is 1. The van der Waals surface area contributed by atoms with E-state index in [9.17, 15) is 4.79 Å². The molecule has 4 aromatic rings. The summed E-state index contributed by atoms with van der Waals surface area (Å²) in [5.41, 5.74) is 1.86. The summed E-state index contributed by atoms with van der Waals surface area (Å²) in [6.07, 6.45) is 1.63. The van der Waals surface area contributed by atoms with Crippen molar-refractivity contribution in [2.45, 2.75) is 0 Å². The van der Waals surface area contributed by atoms with E-state index >= 15 is 0 Å². The molecule has 0 aliphatic heterocycles. The van der Waals surface area contributed by atoms with Gasteiger partial charge in [0.15, 0.2) is 17.3 Å². The van der Waals surface area contributed by atoms with Crippen molar-refractivity contribution >= 4 is 33.0 Å². The van der Waals surface area contributed by atoms with Crippen LogP contribution in [0.2, 0.25) is 0 Å². The van der Waals surface area contributed by atoms with Crippen molar-refractivity contribution in [3.8, 4) is 22.9 Å². The van der Waals surface area contributed by atoms with Crippen LogP contribution in [0.1, 0.15) is 5.56 Å². The van der Waals surface area contributed by atoms with Crippen molar-refractivity contribution in [1.29, 1.82) is 0 Å². The molecule has 4 rings (SSSR count). The Morgan fingerprint density at radius 3 is 2.47 bits per heavy atom. The number of hydrogen-bond acceptors (Lipinski definition) is 5. The summed E-state index contributed by atoms with van der Waals surface area (Å²) in [6.45, 7) is 0. The molecule has 0 amide bonds. The molecule has 0 aliphatic rings. The number of hydrogen-bond donors (Lipinski definition) is 0. The molecule has 0 spiro atoms. The van der Waals surface area contributed by atoms with Gasteiger partial charge in [0, 0.05) is 15.6 Å². The van der Waals surface area contributed by atoms with Crippen LogP contribution in [0, 0.1) is 0 Å². The van der Waals surface area contributed by atoms with Crippen LogP contribution in [0.25, 0.3) is 22.3 Å². The highest BCUT2D eigenvalue weighted by Gasteiger charge is 2.15. The minimum atomic E-state index is -0.256. The third-order valence-electron chi connectivity index (χ3n) is 4.61. The second-order valence-corrected chi connectivity index (χ2v) is 7.26. The number of methoxy groups -OCH3 is 2. The average molecular weight is 464 g/mol. The quantitative estimate of drug-likeness (QED) is 0.401. The van der Waals surface area contributed by atoms with Crippen LogP contribution < -0.4 is 15.0 Å². The smallest absolute Gasteiger partial charge is 0.282 e. The number of fused-ring (bicyclic) bond motifs is 1. The molecule has 150 valence electrons. The number of para-hydroxylation sites is 1. The van der Waals surface area contributed by atoms with Crippen molar-refractivity contribution in [3.05, 3.63) is 87.1 Å². The van der Waals surface area contributed by atoms with Gasteiger partial charge in [-0.2, -0.15) is 9.78 Å². The van der Waals surface area contributed by atoms with E-state index in [1.807, 2.05) is 48.5 Å². The zero-order valence-corrected chi connectivity index (χ0v) is 18.0. The fourth-order valence-corrected chi connectivity index (χ4v) is 3.48. The third-order valence-corrected chi connectivity index (χ3v) is 5.34. The van der Waals surface area contributed by atoms with Gasteiger partial charge in [0.2, 0.25) is 0 Å². The van der Waals surface area contributed by atoms with E-state index in [1.54, 1.807) is 38.6 Å². The lowest BCUT2D eigenvalue weighted by molar-refractivity contribution is 0.355. The number of rotatable bonds is 5. The molecule has 1 heterocycles. The third kappa shape index (κ3) is 3.71. The molecular weight excluding hydrogens is 446 g/mol. The van der Waals surface area contributed by atoms with Crippen molar-refractivity contribution < 1.29 is 9.47 Å². The van der Waals surface area contributed by atoms with Crippen molar-refractivity contribution in [1.82, 2.24) is 9.66 Å². The molecule has 0 bridgehead atoms. The predicted molar refractivity (Wildman–Crippen MR) is 122 cm³/mol. The van der Waals surface area contributed by atoms with Gasteiger partial charge in [0.05, 0.1) is 31.3 Å². The Hall–Kier alpha value is -3.45. The Morgan fingerprint density at radius 2 is 1.70 bits per heavy atom. The second kappa shape index (κ2) is 8.51. The van der Waals surface area contributed by atoms with Gasteiger partial charge in [-0.15, -0.1) is 0 Å². The van der Waals surface area contributed by atoms with Crippen molar-refractivity contribution in [2.75, 3.05) is 14.2 Å². The lowest BCUT2D eigenvalue weighted by Crippen LogP contribution is -2.20. The van der Waals surface area contributed by atoms with Gasteiger partial charge in [0.1, 0.15) is 0 Å².